The molecule has 2 amide bonds. The molecule has 0 aliphatic carbocycles. The lowest BCUT2D eigenvalue weighted by Gasteiger charge is -2.34. The molecule has 7 nitrogen and oxygen atoms in total. The van der Waals surface area contributed by atoms with Crippen molar-refractivity contribution >= 4 is 27.5 Å². The SMILES string of the molecule is CCCNC(=O)[C@H](Cc1ccccc1)N(Cc1ccc(F)cc1)C(=O)CN(c1ccc(C)c(C)c1)S(=O)(=O)c1ccccc1. The monoisotopic (exact) mass is 615 g/mol. The van der Waals surface area contributed by atoms with Gasteiger partial charge in [-0.25, -0.2) is 12.8 Å². The predicted molar refractivity (Wildman–Crippen MR) is 171 cm³/mol. The van der Waals surface area contributed by atoms with Crippen molar-refractivity contribution in [2.24, 2.45) is 0 Å². The van der Waals surface area contributed by atoms with E-state index >= 15 is 0 Å². The summed E-state index contributed by atoms with van der Waals surface area (Å²) < 4.78 is 43.0. The number of anilines is 1. The van der Waals surface area contributed by atoms with Gasteiger partial charge in [-0.15, -0.1) is 0 Å². The second kappa shape index (κ2) is 14.8. The fourth-order valence-corrected chi connectivity index (χ4v) is 6.26. The highest BCUT2D eigenvalue weighted by Gasteiger charge is 2.34. The summed E-state index contributed by atoms with van der Waals surface area (Å²) in [4.78, 5) is 29.5. The fourth-order valence-electron chi connectivity index (χ4n) is 4.84. The van der Waals surface area contributed by atoms with Gasteiger partial charge in [0.25, 0.3) is 10.0 Å². The van der Waals surface area contributed by atoms with Gasteiger partial charge in [0.15, 0.2) is 0 Å². The van der Waals surface area contributed by atoms with E-state index < -0.39 is 34.3 Å². The number of carbonyl (C=O) groups excluding carboxylic acids is 2. The topological polar surface area (TPSA) is 86.8 Å². The zero-order valence-electron chi connectivity index (χ0n) is 25.2. The largest absolute Gasteiger partial charge is 0.354 e. The van der Waals surface area contributed by atoms with Gasteiger partial charge in [0.05, 0.1) is 10.6 Å². The molecule has 4 rings (SSSR count). The molecule has 0 aromatic heterocycles. The number of amides is 2. The summed E-state index contributed by atoms with van der Waals surface area (Å²) in [6.07, 6.45) is 0.907. The molecule has 0 bridgehead atoms. The van der Waals surface area contributed by atoms with Crippen LogP contribution in [0.1, 0.15) is 35.6 Å². The van der Waals surface area contributed by atoms with Crippen molar-refractivity contribution in [2.45, 2.75) is 51.1 Å². The Balaban J connectivity index is 1.80. The Hall–Kier alpha value is -4.50. The number of aryl methyl sites for hydroxylation is 2. The number of hydrogen-bond donors (Lipinski definition) is 1. The maximum Gasteiger partial charge on any atom is 0.264 e. The molecule has 0 fully saturated rings. The van der Waals surface area contributed by atoms with Gasteiger partial charge in [-0.3, -0.25) is 13.9 Å². The van der Waals surface area contributed by atoms with Crippen LogP contribution in [0.5, 0.6) is 0 Å². The summed E-state index contributed by atoms with van der Waals surface area (Å²) >= 11 is 0. The van der Waals surface area contributed by atoms with Gasteiger partial charge in [0, 0.05) is 19.5 Å². The molecule has 230 valence electrons. The van der Waals surface area contributed by atoms with Crippen molar-refractivity contribution in [2.75, 3.05) is 17.4 Å². The minimum Gasteiger partial charge on any atom is -0.354 e. The Morgan fingerprint density at radius 2 is 1.45 bits per heavy atom. The second-order valence-electron chi connectivity index (χ2n) is 10.7. The van der Waals surface area contributed by atoms with E-state index in [1.807, 2.05) is 57.2 Å². The number of halogens is 1. The van der Waals surface area contributed by atoms with Crippen molar-refractivity contribution in [1.82, 2.24) is 10.2 Å². The van der Waals surface area contributed by atoms with Crippen LogP contribution in [0.15, 0.2) is 108 Å². The molecule has 0 unspecified atom stereocenters. The first-order valence-corrected chi connectivity index (χ1v) is 16.0. The van der Waals surface area contributed by atoms with Crippen LogP contribution in [-0.2, 0) is 32.6 Å². The van der Waals surface area contributed by atoms with E-state index in [-0.39, 0.29) is 23.8 Å². The van der Waals surface area contributed by atoms with E-state index in [0.29, 0.717) is 24.2 Å². The number of carbonyl (C=O) groups is 2. The van der Waals surface area contributed by atoms with Crippen molar-refractivity contribution < 1.29 is 22.4 Å². The molecule has 0 heterocycles. The van der Waals surface area contributed by atoms with E-state index in [0.717, 1.165) is 21.0 Å². The Morgan fingerprint density at radius 1 is 0.818 bits per heavy atom. The molecule has 0 spiro atoms. The first-order valence-electron chi connectivity index (χ1n) is 14.6. The number of nitrogens with one attached hydrogen (secondary N) is 1. The van der Waals surface area contributed by atoms with Crippen LogP contribution in [0.2, 0.25) is 0 Å². The van der Waals surface area contributed by atoms with Gasteiger partial charge in [-0.2, -0.15) is 0 Å². The Bertz CT molecular complexity index is 1660. The zero-order valence-corrected chi connectivity index (χ0v) is 26.1. The van der Waals surface area contributed by atoms with E-state index in [4.69, 9.17) is 0 Å². The number of benzene rings is 4. The lowest BCUT2D eigenvalue weighted by Crippen LogP contribution is -2.53. The summed E-state index contributed by atoms with van der Waals surface area (Å²) in [5, 5.41) is 2.91. The molecule has 0 saturated carbocycles. The summed E-state index contributed by atoms with van der Waals surface area (Å²) in [6.45, 7) is 5.58. The Morgan fingerprint density at radius 3 is 2.07 bits per heavy atom. The van der Waals surface area contributed by atoms with E-state index in [1.54, 1.807) is 42.5 Å². The van der Waals surface area contributed by atoms with Gasteiger partial charge in [-0.1, -0.05) is 73.7 Å². The second-order valence-corrected chi connectivity index (χ2v) is 12.6. The summed E-state index contributed by atoms with van der Waals surface area (Å²) in [5.41, 5.74) is 3.62. The zero-order chi connectivity index (χ0) is 31.7. The average molecular weight is 616 g/mol. The lowest BCUT2D eigenvalue weighted by molar-refractivity contribution is -0.140. The number of nitrogens with zero attached hydrogens (tertiary/aromatic N) is 2. The maximum absolute atomic E-state index is 14.4. The van der Waals surface area contributed by atoms with Crippen LogP contribution in [0, 0.1) is 19.7 Å². The third kappa shape index (κ3) is 8.11. The molecule has 1 N–H and O–H groups in total. The summed E-state index contributed by atoms with van der Waals surface area (Å²) in [5.74, 6) is -1.35. The summed E-state index contributed by atoms with van der Waals surface area (Å²) in [6, 6.07) is 27.3. The lowest BCUT2D eigenvalue weighted by atomic mass is 10.0. The van der Waals surface area contributed by atoms with Crippen LogP contribution in [0.25, 0.3) is 0 Å². The normalized spacial score (nSPS) is 11.9. The van der Waals surface area contributed by atoms with Gasteiger partial charge in [-0.05, 0) is 78.9 Å². The highest BCUT2D eigenvalue weighted by atomic mass is 32.2. The smallest absolute Gasteiger partial charge is 0.264 e. The van der Waals surface area contributed by atoms with Gasteiger partial charge in [0.2, 0.25) is 11.8 Å². The Labute approximate surface area is 259 Å². The molecule has 9 heteroatoms. The third-order valence-electron chi connectivity index (χ3n) is 7.48. The van der Waals surface area contributed by atoms with Crippen molar-refractivity contribution in [1.29, 1.82) is 0 Å². The maximum atomic E-state index is 14.4. The van der Waals surface area contributed by atoms with Crippen molar-refractivity contribution in [3.63, 3.8) is 0 Å². The standard InChI is InChI=1S/C35H38FN3O4S/c1-4-21-37-35(41)33(23-28-11-7-5-8-12-28)38(24-29-16-18-30(36)19-17-29)34(40)25-39(31-20-15-26(2)27(3)22-31)44(42,43)32-13-9-6-10-14-32/h5-20,22,33H,4,21,23-25H2,1-3H3,(H,37,41)/t33-/m0/s1. The van der Waals surface area contributed by atoms with E-state index in [1.165, 1.54) is 29.2 Å². The molecule has 0 radical (unpaired) electrons. The molecule has 44 heavy (non-hydrogen) atoms. The molecule has 0 aliphatic heterocycles. The molecular formula is C35H38FN3O4S. The molecular weight excluding hydrogens is 577 g/mol. The van der Waals surface area contributed by atoms with Crippen molar-refractivity contribution in [3.8, 4) is 0 Å². The highest BCUT2D eigenvalue weighted by Crippen LogP contribution is 2.27. The molecule has 0 saturated heterocycles. The molecule has 4 aromatic carbocycles. The van der Waals surface area contributed by atoms with Crippen LogP contribution < -0.4 is 9.62 Å². The van der Waals surface area contributed by atoms with Gasteiger partial charge >= 0.3 is 0 Å². The quantitative estimate of drug-likeness (QED) is 0.206. The van der Waals surface area contributed by atoms with Gasteiger partial charge < -0.3 is 10.2 Å². The van der Waals surface area contributed by atoms with E-state index in [2.05, 4.69) is 5.32 Å². The van der Waals surface area contributed by atoms with Gasteiger partial charge in [0.1, 0.15) is 18.4 Å². The molecule has 1 atom stereocenters. The molecule has 0 aliphatic rings. The van der Waals surface area contributed by atoms with Crippen LogP contribution in [0.4, 0.5) is 10.1 Å². The number of rotatable bonds is 13. The average Bonchev–Trinajstić information content (AvgIpc) is 3.03. The van der Waals surface area contributed by atoms with Crippen molar-refractivity contribution in [3.05, 3.63) is 131 Å². The highest BCUT2D eigenvalue weighted by molar-refractivity contribution is 7.92. The Kier molecular flexibility index (Phi) is 10.9. The fraction of sp³-hybridized carbons (Fsp3) is 0.257. The predicted octanol–water partition coefficient (Wildman–Crippen LogP) is 5.80. The minimum absolute atomic E-state index is 0.0255. The first-order chi connectivity index (χ1) is 21.1. The number of hydrogen-bond acceptors (Lipinski definition) is 4. The minimum atomic E-state index is -4.17. The van der Waals surface area contributed by atoms with Crippen LogP contribution in [0.3, 0.4) is 0 Å². The van der Waals surface area contributed by atoms with E-state index in [9.17, 15) is 22.4 Å². The number of sulfonamides is 1. The third-order valence-corrected chi connectivity index (χ3v) is 9.26. The summed E-state index contributed by atoms with van der Waals surface area (Å²) in [7, 11) is -4.17. The van der Waals surface area contributed by atoms with Crippen LogP contribution in [-0.4, -0.2) is 44.3 Å². The molecule has 4 aromatic rings. The van der Waals surface area contributed by atoms with Crippen LogP contribution >= 0.6 is 0 Å². The first kappa shape index (κ1) is 32.4.